The first-order valence-corrected chi connectivity index (χ1v) is 6.45. The molecule has 0 aliphatic heterocycles. The summed E-state index contributed by atoms with van der Waals surface area (Å²) in [4.78, 5) is 0. The second-order valence-corrected chi connectivity index (χ2v) is 5.72. The van der Waals surface area contributed by atoms with E-state index in [1.165, 1.54) is 0 Å². The zero-order chi connectivity index (χ0) is 14.2. The summed E-state index contributed by atoms with van der Waals surface area (Å²) < 4.78 is 5.43. The average molecular weight is 260 g/mol. The van der Waals surface area contributed by atoms with Gasteiger partial charge < -0.3 is 10.1 Å². The Kier molecular flexibility index (Phi) is 3.46. The van der Waals surface area contributed by atoms with Crippen LogP contribution in [0.3, 0.4) is 0 Å². The highest BCUT2D eigenvalue weighted by Gasteiger charge is 2.49. The smallest absolute Gasteiger partial charge is 0.167 e. The van der Waals surface area contributed by atoms with Crippen LogP contribution in [0.25, 0.3) is 0 Å². The van der Waals surface area contributed by atoms with Crippen LogP contribution in [0.5, 0.6) is 0 Å². The van der Waals surface area contributed by atoms with Crippen molar-refractivity contribution in [2.75, 3.05) is 12.4 Å². The Balaban J connectivity index is 2.23. The molecule has 1 saturated carbocycles. The van der Waals surface area contributed by atoms with Gasteiger partial charge in [-0.25, -0.2) is 0 Å². The third-order valence-electron chi connectivity index (χ3n) is 4.34. The molecule has 2 rings (SSSR count). The Hall–Kier alpha value is -1.67. The maximum absolute atomic E-state index is 9.27. The van der Waals surface area contributed by atoms with Crippen molar-refractivity contribution in [2.45, 2.75) is 46.3 Å². The summed E-state index contributed by atoms with van der Waals surface area (Å²) in [7, 11) is 1.74. The van der Waals surface area contributed by atoms with Crippen molar-refractivity contribution in [3.63, 3.8) is 0 Å². The summed E-state index contributed by atoms with van der Waals surface area (Å²) in [5.41, 5.74) is 2.30. The standard InChI is InChI=1S/C14H20N4O/c1-8-9(2)17-18-13(10(8)7-15)16-11-6-12(19-5)14(11,3)4/h11-12H,6H2,1-5H3,(H,16,18). The molecule has 1 aliphatic carbocycles. The van der Waals surface area contributed by atoms with E-state index in [9.17, 15) is 5.26 Å². The number of aromatic nitrogens is 2. The Bertz CT molecular complexity index is 533. The van der Waals surface area contributed by atoms with Crippen LogP contribution < -0.4 is 5.32 Å². The molecule has 0 saturated heterocycles. The molecule has 1 aromatic heterocycles. The molecule has 0 bridgehead atoms. The van der Waals surface area contributed by atoms with Gasteiger partial charge in [-0.2, -0.15) is 10.4 Å². The number of hydrogen-bond acceptors (Lipinski definition) is 5. The summed E-state index contributed by atoms with van der Waals surface area (Å²) in [5, 5.41) is 20.8. The fourth-order valence-electron chi connectivity index (χ4n) is 2.54. The van der Waals surface area contributed by atoms with E-state index >= 15 is 0 Å². The Labute approximate surface area is 114 Å². The molecule has 102 valence electrons. The molecule has 5 nitrogen and oxygen atoms in total. The minimum Gasteiger partial charge on any atom is -0.381 e. The van der Waals surface area contributed by atoms with Gasteiger partial charge in [0.05, 0.1) is 11.8 Å². The molecule has 19 heavy (non-hydrogen) atoms. The fourth-order valence-corrected chi connectivity index (χ4v) is 2.54. The molecule has 1 N–H and O–H groups in total. The first kappa shape index (κ1) is 13.8. The quantitative estimate of drug-likeness (QED) is 0.902. The highest BCUT2D eigenvalue weighted by Crippen LogP contribution is 2.44. The molecule has 1 fully saturated rings. The lowest BCUT2D eigenvalue weighted by molar-refractivity contribution is -0.0795. The second kappa shape index (κ2) is 4.78. The molecular weight excluding hydrogens is 240 g/mol. The molecule has 0 spiro atoms. The minimum atomic E-state index is 0.0297. The predicted molar refractivity (Wildman–Crippen MR) is 72.8 cm³/mol. The number of nitriles is 1. The third-order valence-corrected chi connectivity index (χ3v) is 4.34. The van der Waals surface area contributed by atoms with Crippen molar-refractivity contribution in [3.05, 3.63) is 16.8 Å². The number of anilines is 1. The monoisotopic (exact) mass is 260 g/mol. The van der Waals surface area contributed by atoms with E-state index in [1.54, 1.807) is 7.11 Å². The van der Waals surface area contributed by atoms with Gasteiger partial charge in [-0.15, -0.1) is 5.10 Å². The molecule has 2 atom stereocenters. The average Bonchev–Trinajstić information content (AvgIpc) is 2.38. The highest BCUT2D eigenvalue weighted by molar-refractivity contribution is 5.56. The van der Waals surface area contributed by atoms with Gasteiger partial charge in [0, 0.05) is 18.6 Å². The van der Waals surface area contributed by atoms with Crippen LogP contribution >= 0.6 is 0 Å². The lowest BCUT2D eigenvalue weighted by atomic mass is 9.64. The van der Waals surface area contributed by atoms with E-state index in [2.05, 4.69) is 35.4 Å². The van der Waals surface area contributed by atoms with Crippen LogP contribution in [-0.4, -0.2) is 29.5 Å². The minimum absolute atomic E-state index is 0.0297. The lowest BCUT2D eigenvalue weighted by Crippen LogP contribution is -2.57. The maximum atomic E-state index is 9.27. The number of nitrogens with zero attached hydrogens (tertiary/aromatic N) is 3. The number of hydrogen-bond donors (Lipinski definition) is 1. The van der Waals surface area contributed by atoms with E-state index in [4.69, 9.17) is 4.74 Å². The van der Waals surface area contributed by atoms with E-state index in [0.29, 0.717) is 11.4 Å². The van der Waals surface area contributed by atoms with E-state index < -0.39 is 0 Å². The Morgan fingerprint density at radius 3 is 2.58 bits per heavy atom. The van der Waals surface area contributed by atoms with Crippen molar-refractivity contribution < 1.29 is 4.74 Å². The van der Waals surface area contributed by atoms with Crippen molar-refractivity contribution in [1.82, 2.24) is 10.2 Å². The number of ether oxygens (including phenoxy) is 1. The van der Waals surface area contributed by atoms with Gasteiger partial charge in [-0.3, -0.25) is 0 Å². The first-order valence-electron chi connectivity index (χ1n) is 6.45. The number of methoxy groups -OCH3 is 1. The van der Waals surface area contributed by atoms with Crippen molar-refractivity contribution in [1.29, 1.82) is 5.26 Å². The van der Waals surface area contributed by atoms with E-state index in [1.807, 2.05) is 13.8 Å². The zero-order valence-electron chi connectivity index (χ0n) is 12.1. The highest BCUT2D eigenvalue weighted by atomic mass is 16.5. The van der Waals surface area contributed by atoms with Crippen LogP contribution in [0.15, 0.2) is 0 Å². The Morgan fingerprint density at radius 2 is 2.05 bits per heavy atom. The molecule has 1 aliphatic rings. The van der Waals surface area contributed by atoms with Crippen LogP contribution in [0.1, 0.15) is 37.1 Å². The predicted octanol–water partition coefficient (Wildman–Crippen LogP) is 2.19. The van der Waals surface area contributed by atoms with E-state index in [-0.39, 0.29) is 17.6 Å². The van der Waals surface area contributed by atoms with Crippen molar-refractivity contribution >= 4 is 5.82 Å². The third kappa shape index (κ3) is 2.17. The van der Waals surface area contributed by atoms with Crippen LogP contribution in [0, 0.1) is 30.6 Å². The molecule has 1 heterocycles. The van der Waals surface area contributed by atoms with E-state index in [0.717, 1.165) is 17.7 Å². The zero-order valence-corrected chi connectivity index (χ0v) is 12.1. The lowest BCUT2D eigenvalue weighted by Gasteiger charge is -2.51. The normalized spacial score (nSPS) is 24.4. The summed E-state index contributed by atoms with van der Waals surface area (Å²) in [5.74, 6) is 0.582. The SMILES string of the molecule is COC1CC(Nc2nnc(C)c(C)c2C#N)C1(C)C. The van der Waals surface area contributed by atoms with Gasteiger partial charge in [0.1, 0.15) is 11.6 Å². The molecular formula is C14H20N4O. The van der Waals surface area contributed by atoms with Gasteiger partial charge in [-0.05, 0) is 25.8 Å². The summed E-state index contributed by atoms with van der Waals surface area (Å²) in [6, 6.07) is 2.47. The first-order chi connectivity index (χ1) is 8.91. The summed E-state index contributed by atoms with van der Waals surface area (Å²) in [6.07, 6.45) is 1.17. The van der Waals surface area contributed by atoms with Gasteiger partial charge in [0.25, 0.3) is 0 Å². The van der Waals surface area contributed by atoms with Gasteiger partial charge in [0.2, 0.25) is 0 Å². The molecule has 0 radical (unpaired) electrons. The molecule has 0 aromatic carbocycles. The van der Waals surface area contributed by atoms with Crippen LogP contribution in [-0.2, 0) is 4.74 Å². The van der Waals surface area contributed by atoms with Crippen molar-refractivity contribution in [3.8, 4) is 6.07 Å². The largest absolute Gasteiger partial charge is 0.381 e. The molecule has 5 heteroatoms. The Morgan fingerprint density at radius 1 is 1.37 bits per heavy atom. The molecule has 2 unspecified atom stereocenters. The fraction of sp³-hybridized carbons (Fsp3) is 0.643. The van der Waals surface area contributed by atoms with Crippen LogP contribution in [0.4, 0.5) is 5.82 Å². The number of rotatable bonds is 3. The van der Waals surface area contributed by atoms with Gasteiger partial charge in [0.15, 0.2) is 5.82 Å². The molecule has 1 aromatic rings. The number of nitrogens with one attached hydrogen (secondary N) is 1. The topological polar surface area (TPSA) is 70.8 Å². The van der Waals surface area contributed by atoms with Crippen molar-refractivity contribution in [2.24, 2.45) is 5.41 Å². The summed E-state index contributed by atoms with van der Waals surface area (Å²) >= 11 is 0. The maximum Gasteiger partial charge on any atom is 0.167 e. The summed E-state index contributed by atoms with van der Waals surface area (Å²) in [6.45, 7) is 8.07. The second-order valence-electron chi connectivity index (χ2n) is 5.72. The molecule has 0 amide bonds. The van der Waals surface area contributed by atoms with Gasteiger partial charge >= 0.3 is 0 Å². The van der Waals surface area contributed by atoms with Crippen LogP contribution in [0.2, 0.25) is 0 Å². The number of aryl methyl sites for hydroxylation is 1. The van der Waals surface area contributed by atoms with Gasteiger partial charge in [-0.1, -0.05) is 13.8 Å².